The fourth-order valence-corrected chi connectivity index (χ4v) is 1.66. The number of carbonyl (C=O) groups excluding carboxylic acids is 2. The van der Waals surface area contributed by atoms with Gasteiger partial charge in [0.1, 0.15) is 5.69 Å². The predicted octanol–water partition coefficient (Wildman–Crippen LogP) is 1.86. The van der Waals surface area contributed by atoms with Crippen LogP contribution in [-0.4, -0.2) is 16.7 Å². The van der Waals surface area contributed by atoms with E-state index in [0.717, 1.165) is 11.0 Å². The van der Waals surface area contributed by atoms with Crippen LogP contribution in [0.2, 0.25) is 0 Å². The molecule has 2 N–H and O–H groups in total. The van der Waals surface area contributed by atoms with Gasteiger partial charge in [0, 0.05) is 19.4 Å². The van der Waals surface area contributed by atoms with Gasteiger partial charge in [-0.3, -0.25) is 24.6 Å². The number of anilines is 2. The first kappa shape index (κ1) is 14.6. The lowest BCUT2D eigenvalue weighted by atomic mass is 10.2. The molecule has 0 heterocycles. The van der Waals surface area contributed by atoms with Crippen LogP contribution in [0.15, 0.2) is 18.2 Å². The molecule has 7 nitrogen and oxygen atoms in total. The van der Waals surface area contributed by atoms with Gasteiger partial charge in [-0.05, 0) is 18.6 Å². The van der Waals surface area contributed by atoms with E-state index >= 15 is 0 Å². The smallest absolute Gasteiger partial charge is 0.294 e. The van der Waals surface area contributed by atoms with Crippen LogP contribution in [0.25, 0.3) is 0 Å². The lowest BCUT2D eigenvalue weighted by Gasteiger charge is -2.19. The summed E-state index contributed by atoms with van der Waals surface area (Å²) in [6.45, 7) is 3.04. The number of nitro benzene ring substituents is 1. The van der Waals surface area contributed by atoms with Gasteiger partial charge in [0.05, 0.1) is 10.6 Å². The van der Waals surface area contributed by atoms with Gasteiger partial charge in [-0.1, -0.05) is 6.92 Å². The maximum atomic E-state index is 11.9. The average molecular weight is 265 g/mol. The lowest BCUT2D eigenvalue weighted by Crippen LogP contribution is -2.34. The van der Waals surface area contributed by atoms with E-state index < -0.39 is 16.7 Å². The standard InChI is InChI=1S/C12H15N3O4/c1-3-4-12(17)14(8(2)16)9-5-6-10(13)11(7-9)15(18)19/h5-7H,3-4,13H2,1-2H3. The Morgan fingerprint density at radius 2 is 2.05 bits per heavy atom. The van der Waals surface area contributed by atoms with Gasteiger partial charge in [-0.25, -0.2) is 0 Å². The number of rotatable bonds is 4. The maximum Gasteiger partial charge on any atom is 0.294 e. The number of imide groups is 1. The zero-order valence-corrected chi connectivity index (χ0v) is 10.8. The molecule has 0 unspecified atom stereocenters. The third-order valence-electron chi connectivity index (χ3n) is 2.50. The van der Waals surface area contributed by atoms with Crippen LogP contribution in [0, 0.1) is 10.1 Å². The summed E-state index contributed by atoms with van der Waals surface area (Å²) in [5.41, 5.74) is 5.29. The van der Waals surface area contributed by atoms with Crippen LogP contribution in [0.1, 0.15) is 26.7 Å². The second kappa shape index (κ2) is 5.94. The molecule has 0 bridgehead atoms. The quantitative estimate of drug-likeness (QED) is 0.508. The molecular weight excluding hydrogens is 250 g/mol. The van der Waals surface area contributed by atoms with Crippen LogP contribution in [-0.2, 0) is 9.59 Å². The van der Waals surface area contributed by atoms with Crippen molar-refractivity contribution in [3.8, 4) is 0 Å². The Balaban J connectivity index is 3.24. The molecule has 0 aliphatic carbocycles. The van der Waals surface area contributed by atoms with Crippen molar-refractivity contribution in [3.05, 3.63) is 28.3 Å². The molecule has 0 atom stereocenters. The van der Waals surface area contributed by atoms with Crippen molar-refractivity contribution in [3.63, 3.8) is 0 Å². The number of nitrogens with two attached hydrogens (primary N) is 1. The van der Waals surface area contributed by atoms with Crippen molar-refractivity contribution in [1.82, 2.24) is 0 Å². The lowest BCUT2D eigenvalue weighted by molar-refractivity contribution is -0.383. The fraction of sp³-hybridized carbons (Fsp3) is 0.333. The van der Waals surface area contributed by atoms with E-state index in [1.807, 2.05) is 6.92 Å². The molecule has 0 radical (unpaired) electrons. The van der Waals surface area contributed by atoms with Crippen LogP contribution in [0.3, 0.4) is 0 Å². The number of nitro groups is 1. The van der Waals surface area contributed by atoms with Crippen molar-refractivity contribution in [2.75, 3.05) is 10.6 Å². The van der Waals surface area contributed by atoms with Crippen molar-refractivity contribution in [2.45, 2.75) is 26.7 Å². The molecule has 0 saturated carbocycles. The highest BCUT2D eigenvalue weighted by Crippen LogP contribution is 2.28. The predicted molar refractivity (Wildman–Crippen MR) is 70.6 cm³/mol. The van der Waals surface area contributed by atoms with Crippen molar-refractivity contribution in [2.24, 2.45) is 0 Å². The summed E-state index contributed by atoms with van der Waals surface area (Å²) in [7, 11) is 0. The highest BCUT2D eigenvalue weighted by Gasteiger charge is 2.22. The Morgan fingerprint density at radius 1 is 1.42 bits per heavy atom. The van der Waals surface area contributed by atoms with Gasteiger partial charge < -0.3 is 5.73 Å². The first-order valence-electron chi connectivity index (χ1n) is 5.76. The molecule has 1 aromatic rings. The monoisotopic (exact) mass is 265 g/mol. The molecule has 0 aliphatic rings. The molecule has 1 rings (SSSR count). The molecule has 0 saturated heterocycles. The molecule has 1 aromatic carbocycles. The molecular formula is C12H15N3O4. The van der Waals surface area contributed by atoms with Crippen LogP contribution in [0.5, 0.6) is 0 Å². The highest BCUT2D eigenvalue weighted by molar-refractivity contribution is 6.14. The number of carbonyl (C=O) groups is 2. The Kier molecular flexibility index (Phi) is 4.57. The van der Waals surface area contributed by atoms with Crippen LogP contribution < -0.4 is 10.6 Å². The van der Waals surface area contributed by atoms with E-state index in [2.05, 4.69) is 0 Å². The van der Waals surface area contributed by atoms with Crippen molar-refractivity contribution in [1.29, 1.82) is 0 Å². The summed E-state index contributed by atoms with van der Waals surface area (Å²) < 4.78 is 0. The van der Waals surface area contributed by atoms with E-state index in [-0.39, 0.29) is 23.5 Å². The van der Waals surface area contributed by atoms with Crippen LogP contribution >= 0.6 is 0 Å². The first-order chi connectivity index (χ1) is 8.88. The second-order valence-electron chi connectivity index (χ2n) is 4.00. The Labute approximate surface area is 110 Å². The molecule has 102 valence electrons. The zero-order valence-electron chi connectivity index (χ0n) is 10.8. The summed E-state index contributed by atoms with van der Waals surface area (Å²) >= 11 is 0. The average Bonchev–Trinajstić information content (AvgIpc) is 2.31. The van der Waals surface area contributed by atoms with Gasteiger partial charge in [0.25, 0.3) is 5.69 Å². The van der Waals surface area contributed by atoms with Gasteiger partial charge in [-0.2, -0.15) is 0 Å². The summed E-state index contributed by atoms with van der Waals surface area (Å²) in [4.78, 5) is 34.5. The molecule has 7 heteroatoms. The summed E-state index contributed by atoms with van der Waals surface area (Å²) in [6, 6.07) is 3.85. The number of hydrogen-bond donors (Lipinski definition) is 1. The highest BCUT2D eigenvalue weighted by atomic mass is 16.6. The van der Waals surface area contributed by atoms with Crippen molar-refractivity contribution < 1.29 is 14.5 Å². The number of hydrogen-bond acceptors (Lipinski definition) is 5. The Hall–Kier alpha value is -2.44. The molecule has 0 aromatic heterocycles. The summed E-state index contributed by atoms with van der Waals surface area (Å²) in [5, 5.41) is 10.8. The Bertz CT molecular complexity index is 528. The molecule has 19 heavy (non-hydrogen) atoms. The second-order valence-corrected chi connectivity index (χ2v) is 4.00. The fourth-order valence-electron chi connectivity index (χ4n) is 1.66. The van der Waals surface area contributed by atoms with Crippen LogP contribution in [0.4, 0.5) is 17.1 Å². The third kappa shape index (κ3) is 3.27. The number of nitrogens with zero attached hydrogens (tertiary/aromatic N) is 2. The Morgan fingerprint density at radius 3 is 2.53 bits per heavy atom. The number of amides is 2. The molecule has 0 aliphatic heterocycles. The minimum atomic E-state index is -0.651. The van der Waals surface area contributed by atoms with Crippen molar-refractivity contribution >= 4 is 28.9 Å². The SMILES string of the molecule is CCCC(=O)N(C(C)=O)c1ccc(N)c([N+](=O)[O-])c1. The molecule has 2 amide bonds. The molecule has 0 fully saturated rings. The summed E-state index contributed by atoms with van der Waals surface area (Å²) in [6.07, 6.45) is 0.775. The minimum absolute atomic E-state index is 0.0137. The van der Waals surface area contributed by atoms with Gasteiger partial charge in [0.2, 0.25) is 11.8 Å². The normalized spacial score (nSPS) is 10.0. The van der Waals surface area contributed by atoms with E-state index in [1.165, 1.54) is 19.1 Å². The number of benzene rings is 1. The number of nitrogen functional groups attached to an aromatic ring is 1. The van der Waals surface area contributed by atoms with E-state index in [0.29, 0.717) is 6.42 Å². The van der Waals surface area contributed by atoms with E-state index in [9.17, 15) is 19.7 Å². The third-order valence-corrected chi connectivity index (χ3v) is 2.50. The van der Waals surface area contributed by atoms with Gasteiger partial charge in [-0.15, -0.1) is 0 Å². The molecule has 0 spiro atoms. The minimum Gasteiger partial charge on any atom is -0.393 e. The summed E-state index contributed by atoms with van der Waals surface area (Å²) in [5.74, 6) is -0.883. The zero-order chi connectivity index (χ0) is 14.6. The van der Waals surface area contributed by atoms with Gasteiger partial charge >= 0.3 is 0 Å². The van der Waals surface area contributed by atoms with Gasteiger partial charge in [0.15, 0.2) is 0 Å². The van der Waals surface area contributed by atoms with E-state index in [1.54, 1.807) is 0 Å². The largest absolute Gasteiger partial charge is 0.393 e. The maximum absolute atomic E-state index is 11.9. The first-order valence-corrected chi connectivity index (χ1v) is 5.76. The topological polar surface area (TPSA) is 107 Å². The van der Waals surface area contributed by atoms with E-state index in [4.69, 9.17) is 5.73 Å².